The second-order valence-electron chi connectivity index (χ2n) is 1.06. The van der Waals surface area contributed by atoms with Crippen LogP contribution in [0.5, 0.6) is 0 Å². The first kappa shape index (κ1) is 7.27. The predicted octanol–water partition coefficient (Wildman–Crippen LogP) is -0.296. The van der Waals surface area contributed by atoms with Crippen LogP contribution in [0.4, 0.5) is 0 Å². The van der Waals surface area contributed by atoms with Gasteiger partial charge in [-0.2, -0.15) is 11.8 Å². The zero-order chi connectivity index (χ0) is 5.54. The number of aliphatic hydroxyl groups excluding tert-OH is 2. The van der Waals surface area contributed by atoms with Crippen molar-refractivity contribution >= 4 is 11.8 Å². The molecule has 2 N–H and O–H groups in total. The molecule has 0 aliphatic carbocycles. The van der Waals surface area contributed by atoms with Crippen molar-refractivity contribution in [2.45, 2.75) is 0 Å². The highest BCUT2D eigenvalue weighted by Gasteiger charge is 1.81. The van der Waals surface area contributed by atoms with Crippen LogP contribution in [0.3, 0.4) is 0 Å². The van der Waals surface area contributed by atoms with Gasteiger partial charge in [0.15, 0.2) is 0 Å². The van der Waals surface area contributed by atoms with E-state index in [2.05, 4.69) is 0 Å². The smallest absolute Gasteiger partial charge is 0.0521 e. The Morgan fingerprint density at radius 3 is 2.57 bits per heavy atom. The Morgan fingerprint density at radius 1 is 1.43 bits per heavy atom. The van der Waals surface area contributed by atoms with E-state index in [9.17, 15) is 0 Å². The maximum atomic E-state index is 8.19. The Labute approximate surface area is 47.5 Å². The van der Waals surface area contributed by atoms with E-state index in [0.717, 1.165) is 11.5 Å². The van der Waals surface area contributed by atoms with E-state index in [1.807, 2.05) is 0 Å². The number of thioether (sulfide) groups is 1. The van der Waals surface area contributed by atoms with Crippen LogP contribution in [-0.2, 0) is 0 Å². The molecule has 2 nitrogen and oxygen atoms in total. The van der Waals surface area contributed by atoms with E-state index in [1.165, 1.54) is 0 Å². The van der Waals surface area contributed by atoms with Crippen LogP contribution in [0.2, 0.25) is 0 Å². The second-order valence-corrected chi connectivity index (χ2v) is 2.28. The molecule has 44 valence electrons. The number of hydrogen-bond donors (Lipinski definition) is 2. The molecule has 0 fully saturated rings. The zero-order valence-corrected chi connectivity index (χ0v) is 4.95. The molecule has 3 heteroatoms. The molecule has 0 aromatic rings. The number of hydrogen-bond acceptors (Lipinski definition) is 3. The fourth-order valence-electron chi connectivity index (χ4n) is 0.231. The van der Waals surface area contributed by atoms with Gasteiger partial charge in [0.25, 0.3) is 0 Å². The summed E-state index contributed by atoms with van der Waals surface area (Å²) in [6.07, 6.45) is 0. The third kappa shape index (κ3) is 6.27. The van der Waals surface area contributed by atoms with Gasteiger partial charge in [0.05, 0.1) is 13.2 Å². The first-order valence-corrected chi connectivity index (χ1v) is 3.36. The third-order valence-electron chi connectivity index (χ3n) is 0.471. The molecule has 0 spiro atoms. The standard InChI is InChI=1S/C4H10O2S/c5-1-3-7-4-2-6/h5-6H,1-4H2/i3+2. The van der Waals surface area contributed by atoms with Gasteiger partial charge in [-0.25, -0.2) is 0 Å². The molecule has 0 aliphatic rings. The minimum atomic E-state index is 0.213. The highest BCUT2D eigenvalue weighted by Crippen LogP contribution is 1.94. The Bertz CT molecular complexity index is 28.9. The lowest BCUT2D eigenvalue weighted by Gasteiger charge is -1.90. The van der Waals surface area contributed by atoms with Gasteiger partial charge in [-0.3, -0.25) is 0 Å². The van der Waals surface area contributed by atoms with Gasteiger partial charge in [-0.15, -0.1) is 0 Å². The Balaban J connectivity index is 2.45. The van der Waals surface area contributed by atoms with Crippen molar-refractivity contribution in [1.82, 2.24) is 0 Å². The molecule has 0 bridgehead atoms. The van der Waals surface area contributed by atoms with Gasteiger partial charge in [0, 0.05) is 11.5 Å². The van der Waals surface area contributed by atoms with E-state index in [0.29, 0.717) is 0 Å². The Morgan fingerprint density at radius 2 is 2.14 bits per heavy atom. The fourth-order valence-corrected chi connectivity index (χ4v) is 0.693. The lowest BCUT2D eigenvalue weighted by molar-refractivity contribution is 0.318. The van der Waals surface area contributed by atoms with Crippen molar-refractivity contribution in [3.8, 4) is 0 Å². The van der Waals surface area contributed by atoms with Crippen LogP contribution >= 0.6 is 11.8 Å². The summed E-state index contributed by atoms with van der Waals surface area (Å²) in [5.41, 5.74) is 0. The first-order valence-electron chi connectivity index (χ1n) is 2.21. The van der Waals surface area contributed by atoms with Crippen molar-refractivity contribution in [3.05, 3.63) is 0 Å². The summed E-state index contributed by atoms with van der Waals surface area (Å²) in [5.74, 6) is 1.47. The normalized spacial score (nSPS) is 9.43. The van der Waals surface area contributed by atoms with Crippen molar-refractivity contribution < 1.29 is 10.2 Å². The minimum absolute atomic E-state index is 0.213. The first-order chi connectivity index (χ1) is 3.41. The van der Waals surface area contributed by atoms with E-state index in [4.69, 9.17) is 10.2 Å². The quantitative estimate of drug-likeness (QED) is 0.506. The number of rotatable bonds is 4. The molecule has 0 amide bonds. The lowest BCUT2D eigenvalue weighted by Crippen LogP contribution is -1.91. The predicted molar refractivity (Wildman–Crippen MR) is 31.5 cm³/mol. The molecule has 0 radical (unpaired) electrons. The molecule has 0 unspecified atom stereocenters. The molecule has 0 aromatic carbocycles. The van der Waals surface area contributed by atoms with Gasteiger partial charge < -0.3 is 10.2 Å². The molecular weight excluding hydrogens is 114 g/mol. The van der Waals surface area contributed by atoms with Gasteiger partial charge in [0.2, 0.25) is 0 Å². The van der Waals surface area contributed by atoms with Gasteiger partial charge in [0.1, 0.15) is 0 Å². The molecule has 7 heavy (non-hydrogen) atoms. The lowest BCUT2D eigenvalue weighted by atomic mass is 10.9. The summed E-state index contributed by atoms with van der Waals surface area (Å²) >= 11 is 1.55. The summed E-state index contributed by atoms with van der Waals surface area (Å²) in [6, 6.07) is 0. The zero-order valence-electron chi connectivity index (χ0n) is 4.13. The van der Waals surface area contributed by atoms with Crippen molar-refractivity contribution in [1.29, 1.82) is 0 Å². The van der Waals surface area contributed by atoms with Crippen LogP contribution in [-0.4, -0.2) is 34.9 Å². The number of aliphatic hydroxyl groups is 2. The monoisotopic (exact) mass is 124 g/mol. The summed E-state index contributed by atoms with van der Waals surface area (Å²) in [5, 5.41) is 16.4. The molecule has 0 rings (SSSR count). The largest absolute Gasteiger partial charge is 0.396 e. The van der Waals surface area contributed by atoms with Crippen molar-refractivity contribution in [2.24, 2.45) is 0 Å². The highest BCUT2D eigenvalue weighted by atomic mass is 32.2. The molecule has 0 heterocycles. The van der Waals surface area contributed by atoms with E-state index in [-0.39, 0.29) is 13.2 Å². The average Bonchev–Trinajstić information content (AvgIpc) is 1.69. The topological polar surface area (TPSA) is 40.5 Å². The maximum Gasteiger partial charge on any atom is 0.0521 e. The summed E-state index contributed by atoms with van der Waals surface area (Å²) < 4.78 is 0. The summed E-state index contributed by atoms with van der Waals surface area (Å²) in [4.78, 5) is 0. The Kier molecular flexibility index (Phi) is 6.51. The SMILES string of the molecule is OCCS[14CH2]CO. The molecule has 0 saturated heterocycles. The molecule has 0 saturated carbocycles. The van der Waals surface area contributed by atoms with Crippen molar-refractivity contribution in [3.63, 3.8) is 0 Å². The summed E-state index contributed by atoms with van der Waals surface area (Å²) in [7, 11) is 0. The minimum Gasteiger partial charge on any atom is -0.396 e. The van der Waals surface area contributed by atoms with Gasteiger partial charge in [-0.05, 0) is 0 Å². The molecule has 0 aromatic heterocycles. The maximum absolute atomic E-state index is 8.19. The van der Waals surface area contributed by atoms with E-state index >= 15 is 0 Å². The van der Waals surface area contributed by atoms with E-state index in [1.54, 1.807) is 11.8 Å². The molecule has 0 atom stereocenters. The molecule has 0 aliphatic heterocycles. The van der Waals surface area contributed by atoms with Crippen LogP contribution in [0.25, 0.3) is 0 Å². The van der Waals surface area contributed by atoms with Crippen LogP contribution < -0.4 is 0 Å². The van der Waals surface area contributed by atoms with E-state index < -0.39 is 0 Å². The Hall–Kier alpha value is 0.270. The highest BCUT2D eigenvalue weighted by molar-refractivity contribution is 7.99. The van der Waals surface area contributed by atoms with Crippen molar-refractivity contribution in [2.75, 3.05) is 24.7 Å². The molecular formula is C4H10O2S. The fraction of sp³-hybridized carbons (Fsp3) is 1.00. The second kappa shape index (κ2) is 6.27. The summed E-state index contributed by atoms with van der Waals surface area (Å²) in [6.45, 7) is 0.426. The average molecular weight is 124 g/mol. The van der Waals surface area contributed by atoms with Gasteiger partial charge >= 0.3 is 0 Å². The van der Waals surface area contributed by atoms with Crippen LogP contribution in [0.15, 0.2) is 0 Å². The van der Waals surface area contributed by atoms with Crippen LogP contribution in [0.1, 0.15) is 0 Å². The van der Waals surface area contributed by atoms with Crippen LogP contribution in [0, 0.1) is 0 Å². The van der Waals surface area contributed by atoms with Gasteiger partial charge in [-0.1, -0.05) is 0 Å². The third-order valence-corrected chi connectivity index (χ3v) is 1.41.